The number of non-ortho nitro benzene ring substituents is 1. The third kappa shape index (κ3) is 4.22. The van der Waals surface area contributed by atoms with Crippen LogP contribution in [-0.2, 0) is 11.3 Å². The van der Waals surface area contributed by atoms with Crippen LogP contribution in [0.2, 0.25) is 0 Å². The molecule has 1 aliphatic heterocycles. The molecule has 0 aliphatic carbocycles. The number of rotatable bonds is 6. The largest absolute Gasteiger partial charge is 0.383 e. The molecule has 0 saturated heterocycles. The normalized spacial score (nSPS) is 15.6. The van der Waals surface area contributed by atoms with Crippen LogP contribution >= 0.6 is 0 Å². The number of anilines is 2. The maximum absolute atomic E-state index is 11.0. The number of para-hydroxylation sites is 1. The van der Waals surface area contributed by atoms with Crippen LogP contribution in [0.5, 0.6) is 0 Å². The maximum Gasteiger partial charge on any atom is 0.269 e. The van der Waals surface area contributed by atoms with Crippen LogP contribution in [0.1, 0.15) is 22.9 Å². The number of hydrogen-bond donors (Lipinski definition) is 1. The van der Waals surface area contributed by atoms with Gasteiger partial charge in [-0.3, -0.25) is 10.1 Å². The number of fused-ring (bicyclic) bond motifs is 1. The van der Waals surface area contributed by atoms with Crippen LogP contribution < -0.4 is 10.2 Å². The summed E-state index contributed by atoms with van der Waals surface area (Å²) < 4.78 is 6.15. The molecule has 6 nitrogen and oxygen atoms in total. The monoisotopic (exact) mass is 389 g/mol. The summed E-state index contributed by atoms with van der Waals surface area (Å²) in [7, 11) is 0. The second-order valence-corrected chi connectivity index (χ2v) is 7.13. The fourth-order valence-corrected chi connectivity index (χ4v) is 3.65. The number of nitro groups is 1. The van der Waals surface area contributed by atoms with Crippen LogP contribution in [0.3, 0.4) is 0 Å². The highest BCUT2D eigenvalue weighted by Crippen LogP contribution is 2.36. The first kappa shape index (κ1) is 19.0. The van der Waals surface area contributed by atoms with Gasteiger partial charge in [0.1, 0.15) is 0 Å². The quantitative estimate of drug-likeness (QED) is 0.472. The van der Waals surface area contributed by atoms with Gasteiger partial charge in [-0.2, -0.15) is 0 Å². The van der Waals surface area contributed by atoms with Crippen molar-refractivity contribution in [1.82, 2.24) is 0 Å². The molecule has 0 bridgehead atoms. The minimum Gasteiger partial charge on any atom is -0.383 e. The van der Waals surface area contributed by atoms with E-state index in [-0.39, 0.29) is 16.8 Å². The number of nitrogens with zero attached hydrogens (tertiary/aromatic N) is 2. The number of nitrogens with one attached hydrogen (secondary N) is 1. The van der Waals surface area contributed by atoms with E-state index in [1.54, 1.807) is 12.1 Å². The first-order chi connectivity index (χ1) is 14.1. The lowest BCUT2D eigenvalue weighted by atomic mass is 10.1. The molecule has 1 N–H and O–H groups in total. The fraction of sp³-hybridized carbons (Fsp3) is 0.217. The molecule has 0 aromatic heterocycles. The average molecular weight is 389 g/mol. The minimum absolute atomic E-state index is 0.0811. The molecule has 1 aliphatic rings. The highest BCUT2D eigenvalue weighted by molar-refractivity contribution is 5.57. The number of hydrogen-bond acceptors (Lipinski definition) is 5. The van der Waals surface area contributed by atoms with Gasteiger partial charge in [0.2, 0.25) is 0 Å². The van der Waals surface area contributed by atoms with Gasteiger partial charge in [-0.05, 0) is 42.8 Å². The van der Waals surface area contributed by atoms with Gasteiger partial charge >= 0.3 is 0 Å². The van der Waals surface area contributed by atoms with Gasteiger partial charge in [-0.15, -0.1) is 0 Å². The third-order valence-electron chi connectivity index (χ3n) is 5.07. The van der Waals surface area contributed by atoms with E-state index in [9.17, 15) is 10.1 Å². The van der Waals surface area contributed by atoms with Crippen LogP contribution in [-0.4, -0.2) is 18.0 Å². The molecular formula is C23H23N3O3. The molecule has 0 spiro atoms. The molecule has 3 aromatic rings. The maximum atomic E-state index is 11.0. The molecule has 4 rings (SSSR count). The van der Waals surface area contributed by atoms with Crippen LogP contribution in [0.25, 0.3) is 0 Å². The summed E-state index contributed by atoms with van der Waals surface area (Å²) in [5.41, 5.74) is 5.56. The summed E-state index contributed by atoms with van der Waals surface area (Å²) in [5.74, 6) is 0. The zero-order valence-electron chi connectivity index (χ0n) is 16.2. The number of benzene rings is 3. The predicted octanol–water partition coefficient (Wildman–Crippen LogP) is 5.05. The van der Waals surface area contributed by atoms with Crippen LogP contribution in [0.15, 0.2) is 72.8 Å². The van der Waals surface area contributed by atoms with Crippen LogP contribution in [0, 0.1) is 17.0 Å². The van der Waals surface area contributed by atoms with E-state index in [1.807, 2.05) is 18.2 Å². The van der Waals surface area contributed by atoms with E-state index in [4.69, 9.17) is 4.74 Å². The summed E-state index contributed by atoms with van der Waals surface area (Å²) in [5, 5.41) is 14.4. The summed E-state index contributed by atoms with van der Waals surface area (Å²) in [4.78, 5) is 12.8. The lowest BCUT2D eigenvalue weighted by Crippen LogP contribution is -2.38. The molecule has 0 amide bonds. The van der Waals surface area contributed by atoms with Crippen molar-refractivity contribution >= 4 is 17.1 Å². The summed E-state index contributed by atoms with van der Waals surface area (Å²) >= 11 is 0. The smallest absolute Gasteiger partial charge is 0.269 e. The molecule has 148 valence electrons. The Kier molecular flexibility index (Phi) is 5.44. The molecule has 1 heterocycles. The van der Waals surface area contributed by atoms with E-state index >= 15 is 0 Å². The van der Waals surface area contributed by atoms with Crippen molar-refractivity contribution in [1.29, 1.82) is 0 Å². The van der Waals surface area contributed by atoms with Crippen molar-refractivity contribution in [3.8, 4) is 0 Å². The molecule has 1 atom stereocenters. The van der Waals surface area contributed by atoms with Gasteiger partial charge in [-0.1, -0.05) is 30.3 Å². The lowest BCUT2D eigenvalue weighted by molar-refractivity contribution is -0.384. The zero-order valence-corrected chi connectivity index (χ0v) is 16.2. The lowest BCUT2D eigenvalue weighted by Gasteiger charge is -2.39. The topological polar surface area (TPSA) is 67.6 Å². The Balaban J connectivity index is 1.56. The fourth-order valence-electron chi connectivity index (χ4n) is 3.65. The van der Waals surface area contributed by atoms with Crippen molar-refractivity contribution in [2.75, 3.05) is 23.3 Å². The Morgan fingerprint density at radius 2 is 1.90 bits per heavy atom. The van der Waals surface area contributed by atoms with Crippen LogP contribution in [0.4, 0.5) is 17.1 Å². The number of nitro benzene ring substituents is 1. The van der Waals surface area contributed by atoms with Crippen molar-refractivity contribution < 1.29 is 9.66 Å². The van der Waals surface area contributed by atoms with E-state index in [0.717, 1.165) is 35.6 Å². The van der Waals surface area contributed by atoms with Crippen molar-refractivity contribution in [2.45, 2.75) is 19.8 Å². The Bertz CT molecular complexity index is 1000. The predicted molar refractivity (Wildman–Crippen MR) is 114 cm³/mol. The second kappa shape index (κ2) is 8.32. The molecule has 1 unspecified atom stereocenters. The SMILES string of the molecule is Cc1cccc(NCCN2c3ccccc3COC2c2ccc([N+](=O)[O-])cc2)c1. The van der Waals surface area contributed by atoms with E-state index in [2.05, 4.69) is 47.5 Å². The molecule has 0 radical (unpaired) electrons. The number of aryl methyl sites for hydroxylation is 1. The summed E-state index contributed by atoms with van der Waals surface area (Å²) in [6, 6.07) is 23.1. The highest BCUT2D eigenvalue weighted by atomic mass is 16.6. The van der Waals surface area contributed by atoms with Gasteiger partial charge < -0.3 is 15.0 Å². The molecule has 0 fully saturated rings. The first-order valence-corrected chi connectivity index (χ1v) is 9.63. The third-order valence-corrected chi connectivity index (χ3v) is 5.07. The van der Waals surface area contributed by atoms with Crippen molar-refractivity contribution in [3.05, 3.63) is 99.6 Å². The Labute approximate surface area is 169 Å². The van der Waals surface area contributed by atoms with Gasteiger partial charge in [0.05, 0.1) is 11.5 Å². The molecule has 6 heteroatoms. The van der Waals surface area contributed by atoms with Gasteiger partial charge in [-0.25, -0.2) is 0 Å². The second-order valence-electron chi connectivity index (χ2n) is 7.13. The molecule has 0 saturated carbocycles. The Morgan fingerprint density at radius 1 is 1.10 bits per heavy atom. The van der Waals surface area contributed by atoms with Crippen molar-refractivity contribution in [2.24, 2.45) is 0 Å². The summed E-state index contributed by atoms with van der Waals surface area (Å²) in [6.45, 7) is 4.06. The van der Waals surface area contributed by atoms with E-state index in [1.165, 1.54) is 17.7 Å². The Morgan fingerprint density at radius 3 is 2.66 bits per heavy atom. The molecule has 29 heavy (non-hydrogen) atoms. The Hall–Kier alpha value is -3.38. The highest BCUT2D eigenvalue weighted by Gasteiger charge is 2.28. The minimum atomic E-state index is -0.385. The van der Waals surface area contributed by atoms with E-state index < -0.39 is 0 Å². The molecule has 3 aromatic carbocycles. The number of ether oxygens (including phenoxy) is 1. The van der Waals surface area contributed by atoms with Gasteiger partial charge in [0.25, 0.3) is 5.69 Å². The average Bonchev–Trinajstić information content (AvgIpc) is 2.74. The summed E-state index contributed by atoms with van der Waals surface area (Å²) in [6.07, 6.45) is -0.287. The first-order valence-electron chi connectivity index (χ1n) is 9.63. The van der Waals surface area contributed by atoms with Gasteiger partial charge in [0, 0.05) is 47.7 Å². The molecular weight excluding hydrogens is 366 g/mol. The standard InChI is InChI=1S/C23H23N3O3/c1-17-5-4-7-20(15-17)24-13-14-25-22-8-3-2-6-19(22)16-29-23(25)18-9-11-21(12-10-18)26(27)28/h2-12,15,23-24H,13-14,16H2,1H3. The van der Waals surface area contributed by atoms with Crippen molar-refractivity contribution in [3.63, 3.8) is 0 Å². The van der Waals surface area contributed by atoms with E-state index in [0.29, 0.717) is 6.61 Å². The zero-order chi connectivity index (χ0) is 20.2. The van der Waals surface area contributed by atoms with Gasteiger partial charge in [0.15, 0.2) is 6.23 Å².